The Bertz CT molecular complexity index is 1210. The largest absolute Gasteiger partial charge is 0.492 e. The van der Waals surface area contributed by atoms with E-state index in [0.29, 0.717) is 34.7 Å². The van der Waals surface area contributed by atoms with Crippen molar-refractivity contribution in [1.29, 1.82) is 0 Å². The third-order valence-electron chi connectivity index (χ3n) is 4.88. The van der Waals surface area contributed by atoms with Gasteiger partial charge in [-0.2, -0.15) is 0 Å². The summed E-state index contributed by atoms with van der Waals surface area (Å²) in [6, 6.07) is 22.6. The van der Waals surface area contributed by atoms with Crippen molar-refractivity contribution in [3.05, 3.63) is 72.8 Å². The number of ether oxygens (including phenoxy) is 3. The van der Waals surface area contributed by atoms with Crippen molar-refractivity contribution in [1.82, 2.24) is 4.98 Å². The molecule has 0 radical (unpaired) electrons. The zero-order valence-corrected chi connectivity index (χ0v) is 17.7. The van der Waals surface area contributed by atoms with Crippen LogP contribution in [0, 0.1) is 0 Å². The van der Waals surface area contributed by atoms with Crippen molar-refractivity contribution < 1.29 is 19.0 Å². The summed E-state index contributed by atoms with van der Waals surface area (Å²) in [5.74, 6) is 1.53. The van der Waals surface area contributed by atoms with Gasteiger partial charge in [0.1, 0.15) is 12.4 Å². The Labute approximate surface area is 183 Å². The van der Waals surface area contributed by atoms with Crippen molar-refractivity contribution in [2.75, 3.05) is 18.1 Å². The van der Waals surface area contributed by atoms with Crippen LogP contribution in [0.5, 0.6) is 17.2 Å². The number of thiazole rings is 1. The maximum absolute atomic E-state index is 13.8. The van der Waals surface area contributed by atoms with Gasteiger partial charge in [-0.3, -0.25) is 4.79 Å². The first-order valence-electron chi connectivity index (χ1n) is 10.0. The molecule has 1 aromatic heterocycles. The second kappa shape index (κ2) is 8.28. The van der Waals surface area contributed by atoms with Crippen LogP contribution in [0.2, 0.25) is 0 Å². The number of carbonyl (C=O) groups is 1. The van der Waals surface area contributed by atoms with Crippen molar-refractivity contribution in [3.63, 3.8) is 0 Å². The molecule has 0 N–H and O–H groups in total. The van der Waals surface area contributed by atoms with Crippen molar-refractivity contribution >= 4 is 38.3 Å². The predicted molar refractivity (Wildman–Crippen MR) is 121 cm³/mol. The molecule has 0 spiro atoms. The standard InChI is InChI=1S/C24H20N2O4S/c1-2-28-18-11-5-4-10-17(18)26(24-25-16-9-3-8-14-22(16)31-24)23(27)21-15-29-19-12-6-7-13-20(19)30-21/h3-14,21H,2,15H2,1H3. The molecule has 0 fully saturated rings. The van der Waals surface area contributed by atoms with E-state index in [4.69, 9.17) is 19.2 Å². The van der Waals surface area contributed by atoms with Crippen LogP contribution in [-0.4, -0.2) is 30.2 Å². The first kappa shape index (κ1) is 19.4. The van der Waals surface area contributed by atoms with Crippen LogP contribution < -0.4 is 19.1 Å². The summed E-state index contributed by atoms with van der Waals surface area (Å²) in [5, 5.41) is 0.556. The van der Waals surface area contributed by atoms with Gasteiger partial charge in [0.2, 0.25) is 6.10 Å². The van der Waals surface area contributed by atoms with Gasteiger partial charge in [0, 0.05) is 0 Å². The molecule has 0 aliphatic carbocycles. The van der Waals surface area contributed by atoms with Crippen LogP contribution >= 0.6 is 11.3 Å². The van der Waals surface area contributed by atoms with E-state index in [1.807, 2.05) is 73.7 Å². The summed E-state index contributed by atoms with van der Waals surface area (Å²) in [4.78, 5) is 20.1. The molecule has 1 unspecified atom stereocenters. The van der Waals surface area contributed by atoms with E-state index in [0.717, 1.165) is 10.2 Å². The minimum absolute atomic E-state index is 0.119. The Kier molecular flexibility index (Phi) is 5.18. The molecule has 156 valence electrons. The van der Waals surface area contributed by atoms with Crippen molar-refractivity contribution in [2.24, 2.45) is 0 Å². The number of anilines is 2. The number of rotatable bonds is 5. The van der Waals surface area contributed by atoms with Crippen LogP contribution in [0.4, 0.5) is 10.8 Å². The van der Waals surface area contributed by atoms with Gasteiger partial charge in [-0.25, -0.2) is 9.88 Å². The normalized spacial score (nSPS) is 14.9. The average molecular weight is 433 g/mol. The number of para-hydroxylation sites is 5. The molecule has 3 aromatic carbocycles. The number of aromatic nitrogens is 1. The van der Waals surface area contributed by atoms with Gasteiger partial charge >= 0.3 is 0 Å². The number of fused-ring (bicyclic) bond motifs is 2. The fourth-order valence-corrected chi connectivity index (χ4v) is 4.46. The fourth-order valence-electron chi connectivity index (χ4n) is 3.48. The Balaban J connectivity index is 1.58. The molecule has 6 nitrogen and oxygen atoms in total. The van der Waals surface area contributed by atoms with E-state index in [1.165, 1.54) is 11.3 Å². The highest BCUT2D eigenvalue weighted by Gasteiger charge is 2.35. The Hall–Kier alpha value is -3.58. The first-order chi connectivity index (χ1) is 15.2. The summed E-state index contributed by atoms with van der Waals surface area (Å²) in [6.07, 6.45) is -0.809. The smallest absolute Gasteiger partial charge is 0.278 e. The fraction of sp³-hybridized carbons (Fsp3) is 0.167. The van der Waals surface area contributed by atoms with Gasteiger partial charge in [0.05, 0.1) is 22.5 Å². The van der Waals surface area contributed by atoms with Crippen LogP contribution in [0.3, 0.4) is 0 Å². The number of hydrogen-bond donors (Lipinski definition) is 0. The maximum atomic E-state index is 13.8. The Morgan fingerprint density at radius 1 is 1.06 bits per heavy atom. The number of hydrogen-bond acceptors (Lipinski definition) is 6. The lowest BCUT2D eigenvalue weighted by Gasteiger charge is -2.30. The van der Waals surface area contributed by atoms with E-state index in [2.05, 4.69) is 0 Å². The van der Waals surface area contributed by atoms with E-state index in [1.54, 1.807) is 11.0 Å². The highest BCUT2D eigenvalue weighted by Crippen LogP contribution is 2.40. The van der Waals surface area contributed by atoms with Gasteiger partial charge < -0.3 is 14.2 Å². The molecule has 31 heavy (non-hydrogen) atoms. The third-order valence-corrected chi connectivity index (χ3v) is 5.91. The molecule has 0 bridgehead atoms. The van der Waals surface area contributed by atoms with Crippen LogP contribution in [-0.2, 0) is 4.79 Å². The zero-order chi connectivity index (χ0) is 21.2. The minimum Gasteiger partial charge on any atom is -0.492 e. The number of carbonyl (C=O) groups excluding carboxylic acids is 1. The summed E-state index contributed by atoms with van der Waals surface area (Å²) in [5.41, 5.74) is 1.45. The lowest BCUT2D eigenvalue weighted by molar-refractivity contribution is -0.126. The molecule has 7 heteroatoms. The van der Waals surface area contributed by atoms with Crippen LogP contribution in [0.1, 0.15) is 6.92 Å². The van der Waals surface area contributed by atoms with Crippen LogP contribution in [0.25, 0.3) is 10.2 Å². The predicted octanol–water partition coefficient (Wildman–Crippen LogP) is 5.20. The number of benzene rings is 3. The number of amides is 1. The molecule has 1 aliphatic heterocycles. The molecule has 5 rings (SSSR count). The first-order valence-corrected chi connectivity index (χ1v) is 10.9. The summed E-state index contributed by atoms with van der Waals surface area (Å²) in [7, 11) is 0. The maximum Gasteiger partial charge on any atom is 0.278 e. The van der Waals surface area contributed by atoms with E-state index in [9.17, 15) is 4.79 Å². The van der Waals surface area contributed by atoms with Gasteiger partial charge in [0.25, 0.3) is 5.91 Å². The molecular formula is C24H20N2O4S. The zero-order valence-electron chi connectivity index (χ0n) is 16.9. The molecule has 1 aliphatic rings. The minimum atomic E-state index is -0.809. The second-order valence-corrected chi connectivity index (χ2v) is 7.91. The SMILES string of the molecule is CCOc1ccccc1N(C(=O)C1COc2ccccc2O1)c1nc2ccccc2s1. The monoisotopic (exact) mass is 432 g/mol. The molecule has 1 amide bonds. The third kappa shape index (κ3) is 3.68. The van der Waals surface area contributed by atoms with Crippen LogP contribution in [0.15, 0.2) is 72.8 Å². The highest BCUT2D eigenvalue weighted by atomic mass is 32.1. The van der Waals surface area contributed by atoms with E-state index < -0.39 is 6.10 Å². The Morgan fingerprint density at radius 2 is 1.81 bits per heavy atom. The molecule has 0 saturated heterocycles. The van der Waals surface area contributed by atoms with Gasteiger partial charge in [-0.1, -0.05) is 47.7 Å². The second-order valence-electron chi connectivity index (χ2n) is 6.90. The molecule has 1 atom stereocenters. The molecule has 0 saturated carbocycles. The summed E-state index contributed by atoms with van der Waals surface area (Å²) >= 11 is 1.45. The molecular weight excluding hydrogens is 412 g/mol. The quantitative estimate of drug-likeness (QED) is 0.434. The van der Waals surface area contributed by atoms with Gasteiger partial charge in [-0.05, 0) is 43.3 Å². The summed E-state index contributed by atoms with van der Waals surface area (Å²) < 4.78 is 18.6. The highest BCUT2D eigenvalue weighted by molar-refractivity contribution is 7.22. The average Bonchev–Trinajstić information content (AvgIpc) is 3.24. The Morgan fingerprint density at radius 3 is 2.65 bits per heavy atom. The molecule has 2 heterocycles. The van der Waals surface area contributed by atoms with Gasteiger partial charge in [-0.15, -0.1) is 0 Å². The van der Waals surface area contributed by atoms with Crippen molar-refractivity contribution in [2.45, 2.75) is 13.0 Å². The lowest BCUT2D eigenvalue weighted by Crippen LogP contribution is -2.44. The molecule has 4 aromatic rings. The lowest BCUT2D eigenvalue weighted by atomic mass is 10.2. The van der Waals surface area contributed by atoms with E-state index in [-0.39, 0.29) is 12.5 Å². The summed E-state index contributed by atoms with van der Waals surface area (Å²) in [6.45, 7) is 2.51. The van der Waals surface area contributed by atoms with Crippen molar-refractivity contribution in [3.8, 4) is 17.2 Å². The topological polar surface area (TPSA) is 60.9 Å². The van der Waals surface area contributed by atoms with E-state index >= 15 is 0 Å². The number of nitrogens with zero attached hydrogens (tertiary/aromatic N) is 2. The van der Waals surface area contributed by atoms with Gasteiger partial charge in [0.15, 0.2) is 16.6 Å².